The molecular formula is C18H36N2. The minimum Gasteiger partial charge on any atom is -0.329 e. The average molecular weight is 281 g/mol. The van der Waals surface area contributed by atoms with Crippen molar-refractivity contribution >= 4 is 0 Å². The van der Waals surface area contributed by atoms with Crippen molar-refractivity contribution in [2.45, 2.75) is 77.7 Å². The highest BCUT2D eigenvalue weighted by molar-refractivity contribution is 4.97. The number of hydrogen-bond acceptors (Lipinski definition) is 2. The van der Waals surface area contributed by atoms with Gasteiger partial charge in [-0.3, -0.25) is 4.90 Å². The van der Waals surface area contributed by atoms with Crippen LogP contribution in [-0.2, 0) is 0 Å². The Kier molecular flexibility index (Phi) is 5.18. The number of nitrogens with zero attached hydrogens (tertiary/aromatic N) is 1. The van der Waals surface area contributed by atoms with Gasteiger partial charge in [-0.25, -0.2) is 0 Å². The van der Waals surface area contributed by atoms with Gasteiger partial charge in [0.2, 0.25) is 0 Å². The quantitative estimate of drug-likeness (QED) is 0.842. The van der Waals surface area contributed by atoms with Crippen molar-refractivity contribution in [1.29, 1.82) is 0 Å². The van der Waals surface area contributed by atoms with Crippen LogP contribution in [0.3, 0.4) is 0 Å². The smallest absolute Gasteiger partial charge is 0.0329 e. The standard InChI is InChI=1S/C18H36N2/c1-17(2,3)16-9-11-18(14-19,12-10-16)20(4)13-15-7-5-6-8-15/h15-16H,5-14,19H2,1-4H3. The van der Waals surface area contributed by atoms with E-state index < -0.39 is 0 Å². The first-order valence-electron chi connectivity index (χ1n) is 8.79. The second-order valence-electron chi connectivity index (χ2n) is 8.60. The van der Waals surface area contributed by atoms with Crippen LogP contribution in [0.25, 0.3) is 0 Å². The van der Waals surface area contributed by atoms with Crippen LogP contribution >= 0.6 is 0 Å². The van der Waals surface area contributed by atoms with E-state index in [1.165, 1.54) is 57.9 Å². The Morgan fingerprint density at radius 2 is 1.60 bits per heavy atom. The normalized spacial score (nSPS) is 33.0. The summed E-state index contributed by atoms with van der Waals surface area (Å²) in [6.45, 7) is 9.31. The van der Waals surface area contributed by atoms with Gasteiger partial charge in [-0.1, -0.05) is 33.6 Å². The van der Waals surface area contributed by atoms with E-state index in [9.17, 15) is 0 Å². The van der Waals surface area contributed by atoms with Crippen molar-refractivity contribution in [1.82, 2.24) is 4.90 Å². The van der Waals surface area contributed by atoms with Crippen LogP contribution in [0.4, 0.5) is 0 Å². The van der Waals surface area contributed by atoms with E-state index >= 15 is 0 Å². The first kappa shape index (κ1) is 16.3. The fraction of sp³-hybridized carbons (Fsp3) is 1.00. The minimum atomic E-state index is 0.296. The summed E-state index contributed by atoms with van der Waals surface area (Å²) in [5.74, 6) is 1.81. The van der Waals surface area contributed by atoms with Crippen LogP contribution in [0.1, 0.15) is 72.1 Å². The average Bonchev–Trinajstić information content (AvgIpc) is 2.90. The molecule has 0 saturated heterocycles. The van der Waals surface area contributed by atoms with E-state index in [1.807, 2.05) is 0 Å². The van der Waals surface area contributed by atoms with E-state index in [2.05, 4.69) is 32.7 Å². The highest BCUT2D eigenvalue weighted by Crippen LogP contribution is 2.43. The van der Waals surface area contributed by atoms with Gasteiger partial charge in [0.15, 0.2) is 0 Å². The summed E-state index contributed by atoms with van der Waals surface area (Å²) in [5, 5.41) is 0. The van der Waals surface area contributed by atoms with Gasteiger partial charge >= 0.3 is 0 Å². The van der Waals surface area contributed by atoms with Gasteiger partial charge in [-0.15, -0.1) is 0 Å². The molecule has 0 heterocycles. The topological polar surface area (TPSA) is 29.3 Å². The van der Waals surface area contributed by atoms with Gasteiger partial charge in [0.1, 0.15) is 0 Å². The van der Waals surface area contributed by atoms with E-state index in [0.717, 1.165) is 18.4 Å². The molecule has 2 fully saturated rings. The Morgan fingerprint density at radius 3 is 2.05 bits per heavy atom. The molecular weight excluding hydrogens is 244 g/mol. The molecule has 0 radical (unpaired) electrons. The molecule has 0 aromatic heterocycles. The first-order chi connectivity index (χ1) is 9.37. The summed E-state index contributed by atoms with van der Waals surface area (Å²) in [6, 6.07) is 0. The van der Waals surface area contributed by atoms with Crippen molar-refractivity contribution in [2.24, 2.45) is 23.0 Å². The number of likely N-dealkylation sites (N-methyl/N-ethyl adjacent to an activating group) is 1. The molecule has 0 spiro atoms. The number of nitrogens with two attached hydrogens (primary N) is 1. The molecule has 0 bridgehead atoms. The van der Waals surface area contributed by atoms with Crippen LogP contribution in [0, 0.1) is 17.3 Å². The fourth-order valence-electron chi connectivity index (χ4n) is 4.54. The summed E-state index contributed by atoms with van der Waals surface area (Å²) in [4.78, 5) is 2.64. The Balaban J connectivity index is 1.93. The first-order valence-corrected chi connectivity index (χ1v) is 8.79. The molecule has 0 unspecified atom stereocenters. The van der Waals surface area contributed by atoms with Gasteiger partial charge in [0.25, 0.3) is 0 Å². The van der Waals surface area contributed by atoms with E-state index in [0.29, 0.717) is 11.0 Å². The Labute approximate surface area is 126 Å². The van der Waals surface area contributed by atoms with Crippen LogP contribution < -0.4 is 5.73 Å². The highest BCUT2D eigenvalue weighted by Gasteiger charge is 2.40. The molecule has 118 valence electrons. The van der Waals surface area contributed by atoms with Crippen molar-refractivity contribution in [3.05, 3.63) is 0 Å². The van der Waals surface area contributed by atoms with E-state index in [-0.39, 0.29) is 0 Å². The van der Waals surface area contributed by atoms with Crippen LogP contribution in [-0.4, -0.2) is 30.6 Å². The zero-order valence-electron chi connectivity index (χ0n) is 14.3. The molecule has 20 heavy (non-hydrogen) atoms. The predicted octanol–water partition coefficient (Wildman–Crippen LogP) is 4.04. The summed E-state index contributed by atoms with van der Waals surface area (Å²) >= 11 is 0. The molecule has 2 N–H and O–H groups in total. The molecule has 0 aromatic rings. The summed E-state index contributed by atoms with van der Waals surface area (Å²) in [7, 11) is 2.34. The van der Waals surface area contributed by atoms with Gasteiger partial charge in [0.05, 0.1) is 0 Å². The lowest BCUT2D eigenvalue weighted by atomic mass is 9.67. The second-order valence-corrected chi connectivity index (χ2v) is 8.60. The molecule has 0 amide bonds. The fourth-order valence-corrected chi connectivity index (χ4v) is 4.54. The van der Waals surface area contributed by atoms with E-state index in [4.69, 9.17) is 5.73 Å². The molecule has 0 aliphatic heterocycles. The predicted molar refractivity (Wildman–Crippen MR) is 87.8 cm³/mol. The SMILES string of the molecule is CN(CC1CCCC1)C1(CN)CCC(C(C)(C)C)CC1. The second kappa shape index (κ2) is 6.36. The molecule has 2 rings (SSSR count). The number of hydrogen-bond donors (Lipinski definition) is 1. The van der Waals surface area contributed by atoms with Crippen molar-refractivity contribution in [3.8, 4) is 0 Å². The lowest BCUT2D eigenvalue weighted by molar-refractivity contribution is 0.0295. The number of rotatable bonds is 4. The van der Waals surface area contributed by atoms with Gasteiger partial charge in [-0.2, -0.15) is 0 Å². The maximum absolute atomic E-state index is 6.23. The van der Waals surface area contributed by atoms with Crippen molar-refractivity contribution < 1.29 is 0 Å². The Bertz CT molecular complexity index is 291. The van der Waals surface area contributed by atoms with Crippen LogP contribution in [0.5, 0.6) is 0 Å². The molecule has 2 heteroatoms. The maximum atomic E-state index is 6.23. The van der Waals surface area contributed by atoms with Crippen molar-refractivity contribution in [3.63, 3.8) is 0 Å². The third kappa shape index (κ3) is 3.57. The molecule has 2 aliphatic carbocycles. The summed E-state index contributed by atoms with van der Waals surface area (Å²) < 4.78 is 0. The monoisotopic (exact) mass is 280 g/mol. The maximum Gasteiger partial charge on any atom is 0.0329 e. The van der Waals surface area contributed by atoms with E-state index in [1.54, 1.807) is 0 Å². The molecule has 2 aliphatic rings. The summed E-state index contributed by atoms with van der Waals surface area (Å²) in [5.41, 5.74) is 6.99. The van der Waals surface area contributed by atoms with Crippen LogP contribution in [0.15, 0.2) is 0 Å². The molecule has 2 nitrogen and oxygen atoms in total. The van der Waals surface area contributed by atoms with Crippen molar-refractivity contribution in [2.75, 3.05) is 20.1 Å². The zero-order valence-corrected chi connectivity index (χ0v) is 14.3. The van der Waals surface area contributed by atoms with Gasteiger partial charge in [-0.05, 0) is 62.8 Å². The van der Waals surface area contributed by atoms with Gasteiger partial charge < -0.3 is 5.73 Å². The third-order valence-corrected chi connectivity index (χ3v) is 6.34. The minimum absolute atomic E-state index is 0.296. The zero-order chi connectivity index (χ0) is 14.8. The largest absolute Gasteiger partial charge is 0.329 e. The lowest BCUT2D eigenvalue weighted by Gasteiger charge is -2.49. The van der Waals surface area contributed by atoms with Gasteiger partial charge in [0, 0.05) is 18.6 Å². The Hall–Kier alpha value is -0.0800. The highest BCUT2D eigenvalue weighted by atomic mass is 15.2. The third-order valence-electron chi connectivity index (χ3n) is 6.34. The molecule has 2 saturated carbocycles. The summed E-state index contributed by atoms with van der Waals surface area (Å²) in [6.07, 6.45) is 11.1. The van der Waals surface area contributed by atoms with Crippen LogP contribution in [0.2, 0.25) is 0 Å². The lowest BCUT2D eigenvalue weighted by Crippen LogP contribution is -2.55. The Morgan fingerprint density at radius 1 is 1.05 bits per heavy atom. The molecule has 0 aromatic carbocycles. The molecule has 0 atom stereocenters.